The molecule has 0 radical (unpaired) electrons. The first-order valence-electron chi connectivity index (χ1n) is 11.7. The molecule has 182 valence electrons. The van der Waals surface area contributed by atoms with Crippen molar-refractivity contribution in [1.82, 2.24) is 10.4 Å². The third kappa shape index (κ3) is 7.16. The highest BCUT2D eigenvalue weighted by Crippen LogP contribution is 2.54. The van der Waals surface area contributed by atoms with Crippen molar-refractivity contribution < 1.29 is 14.0 Å². The van der Waals surface area contributed by atoms with Crippen molar-refractivity contribution in [2.75, 3.05) is 19.5 Å². The van der Waals surface area contributed by atoms with Gasteiger partial charge in [0.25, 0.3) is 0 Å². The number of carbonyl (C=O) groups is 1. The van der Waals surface area contributed by atoms with Crippen molar-refractivity contribution in [3.05, 3.63) is 53.5 Å². The summed E-state index contributed by atoms with van der Waals surface area (Å²) in [6, 6.07) is 6.41. The molecule has 1 saturated carbocycles. The number of rotatable bonds is 8. The normalized spacial score (nSPS) is 22.1. The van der Waals surface area contributed by atoms with Gasteiger partial charge in [0.05, 0.1) is 7.11 Å². The van der Waals surface area contributed by atoms with E-state index in [4.69, 9.17) is 10.2 Å². The second-order valence-corrected chi connectivity index (χ2v) is 8.96. The number of benzene rings is 1. The number of hydroxylamine groups is 2. The number of anilines is 1. The van der Waals surface area contributed by atoms with Crippen LogP contribution in [0.4, 0.5) is 14.9 Å². The molecule has 6 nitrogen and oxygen atoms in total. The molecule has 0 bridgehead atoms. The van der Waals surface area contributed by atoms with Gasteiger partial charge in [-0.25, -0.2) is 14.2 Å². The summed E-state index contributed by atoms with van der Waals surface area (Å²) in [6.07, 6.45) is 11.9. The van der Waals surface area contributed by atoms with E-state index >= 15 is 0 Å². The summed E-state index contributed by atoms with van der Waals surface area (Å²) in [5, 5.41) is 13.9. The highest BCUT2D eigenvalue weighted by Gasteiger charge is 2.44. The fourth-order valence-corrected chi connectivity index (χ4v) is 4.75. The van der Waals surface area contributed by atoms with Crippen LogP contribution in [-0.4, -0.2) is 37.5 Å². The lowest BCUT2D eigenvalue weighted by atomic mass is 9.70. The maximum atomic E-state index is 13.1. The number of halogens is 1. The molecule has 0 heterocycles. The van der Waals surface area contributed by atoms with Crippen molar-refractivity contribution in [3.63, 3.8) is 0 Å². The Bertz CT molecular complexity index is 852. The molecule has 33 heavy (non-hydrogen) atoms. The molecule has 1 unspecified atom stereocenters. The number of allylic oxidation sites excluding steroid dienone is 3. The average Bonchev–Trinajstić information content (AvgIpc) is 3.11. The van der Waals surface area contributed by atoms with Crippen LogP contribution in [0, 0.1) is 22.6 Å². The molecule has 2 aliphatic rings. The summed E-state index contributed by atoms with van der Waals surface area (Å²) in [5.74, 6) is 0.297. The highest BCUT2D eigenvalue weighted by atomic mass is 19.1. The van der Waals surface area contributed by atoms with E-state index in [2.05, 4.69) is 36.6 Å². The average molecular weight is 459 g/mol. The van der Waals surface area contributed by atoms with Crippen LogP contribution in [0.3, 0.4) is 0 Å². The van der Waals surface area contributed by atoms with Crippen molar-refractivity contribution in [1.29, 1.82) is 5.41 Å². The van der Waals surface area contributed by atoms with Crippen molar-refractivity contribution >= 4 is 17.9 Å². The lowest BCUT2D eigenvalue weighted by molar-refractivity contribution is -0.0659. The van der Waals surface area contributed by atoms with E-state index in [1.807, 2.05) is 0 Å². The zero-order valence-electron chi connectivity index (χ0n) is 20.6. The van der Waals surface area contributed by atoms with Crippen LogP contribution in [0.1, 0.15) is 59.3 Å². The number of amides is 2. The zero-order valence-corrected chi connectivity index (χ0v) is 20.6. The van der Waals surface area contributed by atoms with Crippen LogP contribution in [0.15, 0.2) is 47.7 Å². The first-order chi connectivity index (χ1) is 15.8. The fourth-order valence-electron chi connectivity index (χ4n) is 4.75. The van der Waals surface area contributed by atoms with Gasteiger partial charge in [0.15, 0.2) is 0 Å². The van der Waals surface area contributed by atoms with E-state index in [0.717, 1.165) is 49.9 Å². The number of hydrogen-bond acceptors (Lipinski definition) is 4. The van der Waals surface area contributed by atoms with Crippen LogP contribution in [0.25, 0.3) is 0 Å². The molecular formula is C26H39FN4O2. The van der Waals surface area contributed by atoms with E-state index in [9.17, 15) is 9.18 Å². The predicted octanol–water partition coefficient (Wildman–Crippen LogP) is 6.29. The second kappa shape index (κ2) is 12.5. The number of fused-ring (bicyclic) bond motifs is 1. The van der Waals surface area contributed by atoms with Gasteiger partial charge in [0.2, 0.25) is 0 Å². The Kier molecular flexibility index (Phi) is 10.1. The van der Waals surface area contributed by atoms with Crippen molar-refractivity contribution in [2.45, 2.75) is 65.3 Å². The first kappa shape index (κ1) is 26.6. The van der Waals surface area contributed by atoms with Gasteiger partial charge in [-0.2, -0.15) is 0 Å². The van der Waals surface area contributed by atoms with Crippen molar-refractivity contribution in [3.8, 4) is 0 Å². The van der Waals surface area contributed by atoms with E-state index in [0.29, 0.717) is 5.92 Å². The van der Waals surface area contributed by atoms with Gasteiger partial charge in [0.1, 0.15) is 5.82 Å². The van der Waals surface area contributed by atoms with E-state index in [1.54, 1.807) is 26.1 Å². The van der Waals surface area contributed by atoms with E-state index < -0.39 is 0 Å². The SMILES string of the molecule is CC=N.CCCC(C[C@H]1CCC2=CC(Nc3ccc(F)cc3)=CC[C@@]21C)NC(=O)N(C)OC. The smallest absolute Gasteiger partial charge is 0.341 e. The van der Waals surface area contributed by atoms with Gasteiger partial charge in [0, 0.05) is 24.5 Å². The Morgan fingerprint density at radius 3 is 2.67 bits per heavy atom. The van der Waals surface area contributed by atoms with Crippen LogP contribution in [-0.2, 0) is 4.84 Å². The Hall–Kier alpha value is -2.67. The first-order valence-corrected chi connectivity index (χ1v) is 11.7. The largest absolute Gasteiger partial charge is 0.356 e. The number of urea groups is 1. The molecule has 2 amide bonds. The van der Waals surface area contributed by atoms with E-state index in [-0.39, 0.29) is 23.3 Å². The van der Waals surface area contributed by atoms with Crippen molar-refractivity contribution in [2.24, 2.45) is 11.3 Å². The molecule has 0 saturated heterocycles. The summed E-state index contributed by atoms with van der Waals surface area (Å²) >= 11 is 0. The quantitative estimate of drug-likeness (QED) is 0.317. The molecular weight excluding hydrogens is 419 g/mol. The maximum absolute atomic E-state index is 13.1. The minimum absolute atomic E-state index is 0.123. The topological polar surface area (TPSA) is 77.5 Å². The summed E-state index contributed by atoms with van der Waals surface area (Å²) in [7, 11) is 3.12. The minimum atomic E-state index is -0.229. The van der Waals surface area contributed by atoms with Gasteiger partial charge in [-0.05, 0) is 86.9 Å². The van der Waals surface area contributed by atoms with Crippen LogP contribution in [0.2, 0.25) is 0 Å². The molecule has 1 aromatic carbocycles. The third-order valence-corrected chi connectivity index (χ3v) is 6.70. The molecule has 0 spiro atoms. The summed E-state index contributed by atoms with van der Waals surface area (Å²) in [4.78, 5) is 17.3. The zero-order chi connectivity index (χ0) is 24.4. The highest BCUT2D eigenvalue weighted by molar-refractivity contribution is 5.73. The Morgan fingerprint density at radius 1 is 1.39 bits per heavy atom. The fraction of sp³-hybridized carbons (Fsp3) is 0.538. The molecule has 3 N–H and O–H groups in total. The van der Waals surface area contributed by atoms with Gasteiger partial charge in [-0.3, -0.25) is 4.84 Å². The molecule has 7 heteroatoms. The Labute approximate surface area is 197 Å². The van der Waals surface area contributed by atoms with Gasteiger partial charge >= 0.3 is 6.03 Å². The Morgan fingerprint density at radius 2 is 2.06 bits per heavy atom. The lowest BCUT2D eigenvalue weighted by Crippen LogP contribution is -2.44. The van der Waals surface area contributed by atoms with Crippen LogP contribution < -0.4 is 10.6 Å². The summed E-state index contributed by atoms with van der Waals surface area (Å²) in [5.41, 5.74) is 3.56. The number of nitrogens with zero attached hydrogens (tertiary/aromatic N) is 1. The molecule has 2 aliphatic carbocycles. The maximum Gasteiger partial charge on any atom is 0.341 e. The summed E-state index contributed by atoms with van der Waals surface area (Å²) in [6.45, 7) is 6.17. The Balaban J connectivity index is 0.00000122. The second-order valence-electron chi connectivity index (χ2n) is 8.96. The number of carbonyl (C=O) groups excluding carboxylic acids is 1. The molecule has 0 aromatic heterocycles. The predicted molar refractivity (Wildman–Crippen MR) is 133 cm³/mol. The van der Waals surface area contributed by atoms with Gasteiger partial charge < -0.3 is 16.0 Å². The minimum Gasteiger partial charge on any atom is -0.356 e. The molecule has 3 rings (SSSR count). The molecule has 3 atom stereocenters. The molecule has 1 fully saturated rings. The molecule has 0 aliphatic heterocycles. The summed E-state index contributed by atoms with van der Waals surface area (Å²) < 4.78 is 13.1. The van der Waals surface area contributed by atoms with E-state index in [1.165, 1.54) is 36.1 Å². The number of nitrogens with one attached hydrogen (secondary N) is 3. The number of hydrogen-bond donors (Lipinski definition) is 3. The van der Waals surface area contributed by atoms with Crippen LogP contribution >= 0.6 is 0 Å². The monoisotopic (exact) mass is 458 g/mol. The van der Waals surface area contributed by atoms with Gasteiger partial charge in [-0.1, -0.05) is 31.9 Å². The third-order valence-electron chi connectivity index (χ3n) is 6.70. The van der Waals surface area contributed by atoms with Gasteiger partial charge in [-0.15, -0.1) is 0 Å². The molecule has 1 aromatic rings. The van der Waals surface area contributed by atoms with Crippen LogP contribution in [0.5, 0.6) is 0 Å². The lowest BCUT2D eigenvalue weighted by Gasteiger charge is -2.37. The standard InChI is InChI=1S/C24H34FN3O2.C2H5N/c1-5-6-21(27-23(29)28(3)30-4)15-17-7-8-18-16-22(13-14-24(17,18)2)26-20-11-9-19(25)10-12-20;1-2-3/h9-13,16-17,21,26H,5-8,14-15H2,1-4H3,(H,27,29);2-3H,1H3/t17-,21?,24-;/m1./s1.